The van der Waals surface area contributed by atoms with E-state index in [1.165, 1.54) is 70.6 Å². The van der Waals surface area contributed by atoms with E-state index in [-0.39, 0.29) is 19.2 Å². The molecule has 0 aliphatic heterocycles. The third kappa shape index (κ3) is 17.9. The van der Waals surface area contributed by atoms with Crippen LogP contribution in [0.3, 0.4) is 0 Å². The van der Waals surface area contributed by atoms with Crippen molar-refractivity contribution in [1.29, 1.82) is 0 Å². The number of ether oxygens (including phenoxy) is 1. The summed E-state index contributed by atoms with van der Waals surface area (Å²) in [6.07, 6.45) is 17.3. The molecule has 0 rings (SSSR count). The molecule has 0 aliphatic rings. The van der Waals surface area contributed by atoms with Gasteiger partial charge in [0, 0.05) is 6.42 Å². The monoisotopic (exact) mass is 348 g/mol. The standard InChI is InChI=1S/C19H37ClO3/c1-2-3-4-5-6-7-8-9-10-11-12-13-14-15-19(22)23-17-18(20)16-21/h18,21H,2-17H2,1H3/t18-/m1/s1. The summed E-state index contributed by atoms with van der Waals surface area (Å²) in [4.78, 5) is 11.4. The van der Waals surface area contributed by atoms with E-state index in [0.29, 0.717) is 6.42 Å². The molecule has 0 spiro atoms. The van der Waals surface area contributed by atoms with Crippen LogP contribution < -0.4 is 0 Å². The fourth-order valence-corrected chi connectivity index (χ4v) is 2.66. The van der Waals surface area contributed by atoms with E-state index >= 15 is 0 Å². The summed E-state index contributed by atoms with van der Waals surface area (Å²) in [5, 5.41) is 8.24. The number of alkyl halides is 1. The van der Waals surface area contributed by atoms with Gasteiger partial charge >= 0.3 is 5.97 Å². The Morgan fingerprint density at radius 2 is 1.30 bits per heavy atom. The van der Waals surface area contributed by atoms with Gasteiger partial charge in [0.25, 0.3) is 0 Å². The Morgan fingerprint density at radius 3 is 1.74 bits per heavy atom. The molecule has 138 valence electrons. The number of rotatable bonds is 17. The van der Waals surface area contributed by atoms with Gasteiger partial charge in [-0.1, -0.05) is 84.0 Å². The maximum Gasteiger partial charge on any atom is 0.305 e. The first kappa shape index (κ1) is 22.7. The van der Waals surface area contributed by atoms with Crippen LogP contribution in [-0.2, 0) is 9.53 Å². The zero-order valence-corrected chi connectivity index (χ0v) is 15.8. The summed E-state index contributed by atoms with van der Waals surface area (Å²) < 4.78 is 4.97. The molecule has 0 saturated heterocycles. The molecule has 0 aromatic heterocycles. The lowest BCUT2D eigenvalue weighted by atomic mass is 10.0. The quantitative estimate of drug-likeness (QED) is 0.211. The van der Waals surface area contributed by atoms with Crippen molar-refractivity contribution < 1.29 is 14.6 Å². The number of aliphatic hydroxyl groups excluding tert-OH is 1. The Hall–Kier alpha value is -0.280. The molecule has 1 atom stereocenters. The fourth-order valence-electron chi connectivity index (χ4n) is 2.60. The third-order valence-corrected chi connectivity index (χ3v) is 4.37. The molecule has 0 fully saturated rings. The molecular weight excluding hydrogens is 312 g/mol. The summed E-state index contributed by atoms with van der Waals surface area (Å²) in [5.74, 6) is -0.202. The maximum absolute atomic E-state index is 11.4. The molecule has 1 N–H and O–H groups in total. The van der Waals surface area contributed by atoms with Gasteiger partial charge in [-0.25, -0.2) is 0 Å². The summed E-state index contributed by atoms with van der Waals surface area (Å²) in [5.41, 5.74) is 0. The number of halogens is 1. The van der Waals surface area contributed by atoms with Crippen LogP contribution in [0.15, 0.2) is 0 Å². The number of aliphatic hydroxyl groups is 1. The Bertz CT molecular complexity index is 259. The molecule has 0 bridgehead atoms. The molecule has 0 radical (unpaired) electrons. The molecule has 0 aromatic carbocycles. The smallest absolute Gasteiger partial charge is 0.305 e. The van der Waals surface area contributed by atoms with Crippen LogP contribution in [0.4, 0.5) is 0 Å². The van der Waals surface area contributed by atoms with Crippen LogP contribution in [0.25, 0.3) is 0 Å². The van der Waals surface area contributed by atoms with E-state index in [4.69, 9.17) is 21.4 Å². The number of hydrogen-bond donors (Lipinski definition) is 1. The van der Waals surface area contributed by atoms with Crippen molar-refractivity contribution in [3.8, 4) is 0 Å². The van der Waals surface area contributed by atoms with Crippen LogP contribution >= 0.6 is 11.6 Å². The van der Waals surface area contributed by atoms with Crippen LogP contribution in [0.1, 0.15) is 96.8 Å². The lowest BCUT2D eigenvalue weighted by Crippen LogP contribution is -2.16. The third-order valence-electron chi connectivity index (χ3n) is 4.11. The van der Waals surface area contributed by atoms with Crippen molar-refractivity contribution in [2.75, 3.05) is 13.2 Å². The fraction of sp³-hybridized carbons (Fsp3) is 0.947. The van der Waals surface area contributed by atoms with Crippen molar-refractivity contribution in [3.63, 3.8) is 0 Å². The van der Waals surface area contributed by atoms with E-state index in [0.717, 1.165) is 12.8 Å². The van der Waals surface area contributed by atoms with Crippen molar-refractivity contribution >= 4 is 17.6 Å². The zero-order valence-electron chi connectivity index (χ0n) is 15.0. The second-order valence-electron chi connectivity index (χ2n) is 6.46. The van der Waals surface area contributed by atoms with Crippen molar-refractivity contribution in [2.24, 2.45) is 0 Å². The van der Waals surface area contributed by atoms with Gasteiger partial charge in [-0.3, -0.25) is 4.79 Å². The van der Waals surface area contributed by atoms with Gasteiger partial charge in [0.05, 0.1) is 12.0 Å². The predicted molar refractivity (Wildman–Crippen MR) is 98.0 cm³/mol. The first-order valence-corrected chi connectivity index (χ1v) is 10.0. The highest BCUT2D eigenvalue weighted by Gasteiger charge is 2.07. The van der Waals surface area contributed by atoms with Crippen molar-refractivity contribution in [1.82, 2.24) is 0 Å². The van der Waals surface area contributed by atoms with E-state index in [1.807, 2.05) is 0 Å². The van der Waals surface area contributed by atoms with Gasteiger partial charge in [-0.15, -0.1) is 11.6 Å². The molecule has 0 aromatic rings. The van der Waals surface area contributed by atoms with Crippen LogP contribution in [0, 0.1) is 0 Å². The molecule has 0 amide bonds. The van der Waals surface area contributed by atoms with Crippen molar-refractivity contribution in [2.45, 2.75) is 102 Å². The van der Waals surface area contributed by atoms with Crippen LogP contribution in [0.2, 0.25) is 0 Å². The number of unbranched alkanes of at least 4 members (excludes halogenated alkanes) is 12. The summed E-state index contributed by atoms with van der Waals surface area (Å²) >= 11 is 5.67. The van der Waals surface area contributed by atoms with Gasteiger partial charge in [-0.2, -0.15) is 0 Å². The van der Waals surface area contributed by atoms with Crippen LogP contribution in [-0.4, -0.2) is 29.7 Å². The van der Waals surface area contributed by atoms with Crippen LogP contribution in [0.5, 0.6) is 0 Å². The first-order chi connectivity index (χ1) is 11.2. The molecule has 23 heavy (non-hydrogen) atoms. The number of esters is 1. The topological polar surface area (TPSA) is 46.5 Å². The minimum atomic E-state index is -0.481. The lowest BCUT2D eigenvalue weighted by molar-refractivity contribution is -0.143. The van der Waals surface area contributed by atoms with Gasteiger partial charge in [0.1, 0.15) is 6.61 Å². The van der Waals surface area contributed by atoms with E-state index in [2.05, 4.69) is 6.92 Å². The van der Waals surface area contributed by atoms with E-state index in [1.54, 1.807) is 0 Å². The van der Waals surface area contributed by atoms with Gasteiger partial charge in [-0.05, 0) is 6.42 Å². The summed E-state index contributed by atoms with van der Waals surface area (Å²) in [7, 11) is 0. The normalized spacial score (nSPS) is 12.3. The maximum atomic E-state index is 11.4. The van der Waals surface area contributed by atoms with Gasteiger partial charge in [0.15, 0.2) is 0 Å². The number of hydrogen-bond acceptors (Lipinski definition) is 3. The number of carbonyl (C=O) groups excluding carboxylic acids is 1. The molecule has 0 unspecified atom stereocenters. The second-order valence-corrected chi connectivity index (χ2v) is 7.07. The highest BCUT2D eigenvalue weighted by Crippen LogP contribution is 2.13. The van der Waals surface area contributed by atoms with E-state index < -0.39 is 5.38 Å². The van der Waals surface area contributed by atoms with E-state index in [9.17, 15) is 4.79 Å². The highest BCUT2D eigenvalue weighted by atomic mass is 35.5. The molecule has 3 nitrogen and oxygen atoms in total. The first-order valence-electron chi connectivity index (χ1n) is 9.61. The Labute approximate surface area is 148 Å². The minimum absolute atomic E-state index is 0.106. The molecule has 0 heterocycles. The van der Waals surface area contributed by atoms with Gasteiger partial charge in [0.2, 0.25) is 0 Å². The Morgan fingerprint density at radius 1 is 0.870 bits per heavy atom. The number of carbonyl (C=O) groups is 1. The predicted octanol–water partition coefficient (Wildman–Crippen LogP) is 5.61. The zero-order chi connectivity index (χ0) is 17.2. The molecule has 0 aliphatic carbocycles. The van der Waals surface area contributed by atoms with Gasteiger partial charge < -0.3 is 9.84 Å². The Kier molecular flexibility index (Phi) is 17.8. The highest BCUT2D eigenvalue weighted by molar-refractivity contribution is 6.20. The SMILES string of the molecule is CCCCCCCCCCCCCCCC(=O)OC[C@H](Cl)CO. The average molecular weight is 349 g/mol. The largest absolute Gasteiger partial charge is 0.464 e. The molecule has 4 heteroatoms. The second kappa shape index (κ2) is 18.1. The molecule has 0 saturated carbocycles. The summed E-state index contributed by atoms with van der Waals surface area (Å²) in [6.45, 7) is 2.21. The molecular formula is C19H37ClO3. The Balaban J connectivity index is 3.14. The van der Waals surface area contributed by atoms with Crippen molar-refractivity contribution in [3.05, 3.63) is 0 Å². The minimum Gasteiger partial charge on any atom is -0.464 e. The summed E-state index contributed by atoms with van der Waals surface area (Å²) in [6, 6.07) is 0. The average Bonchev–Trinajstić information content (AvgIpc) is 2.56. The lowest BCUT2D eigenvalue weighted by Gasteiger charge is -2.07.